The summed E-state index contributed by atoms with van der Waals surface area (Å²) in [5, 5.41) is 4.39. The Bertz CT molecular complexity index is 1730. The molecule has 1 N–H and O–H groups in total. The Morgan fingerprint density at radius 1 is 1.12 bits per heavy atom. The van der Waals surface area contributed by atoms with Gasteiger partial charge in [-0.2, -0.15) is 0 Å². The van der Waals surface area contributed by atoms with E-state index in [0.717, 1.165) is 64.5 Å². The second kappa shape index (κ2) is 9.57. The third-order valence-electron chi connectivity index (χ3n) is 8.29. The number of para-hydroxylation sites is 2. The SMILES string of the molecule is Cc1ccc(O[C@@H]([Si])[C@@H]2CCN2C)cc1C(=O)NC1(c2cc(-c3nc4ccccc4o3)cc3ncccc23)CC1. The Balaban J connectivity index is 1.21. The normalized spacial score (nSPS) is 18.8. The number of fused-ring (bicyclic) bond motifs is 2. The minimum Gasteiger partial charge on any atom is -0.493 e. The third-order valence-corrected chi connectivity index (χ3v) is 8.79. The van der Waals surface area contributed by atoms with Crippen molar-refractivity contribution in [1.82, 2.24) is 20.2 Å². The molecule has 0 spiro atoms. The fourth-order valence-electron chi connectivity index (χ4n) is 5.63. The summed E-state index contributed by atoms with van der Waals surface area (Å²) in [4.78, 5) is 25.4. The summed E-state index contributed by atoms with van der Waals surface area (Å²) >= 11 is 0. The van der Waals surface area contributed by atoms with Crippen molar-refractivity contribution in [2.75, 3.05) is 13.6 Å². The van der Waals surface area contributed by atoms with Gasteiger partial charge in [-0.1, -0.05) is 24.3 Å². The molecular weight excluding hydrogens is 516 g/mol. The largest absolute Gasteiger partial charge is 0.493 e. The van der Waals surface area contributed by atoms with Crippen LogP contribution in [0, 0.1) is 6.92 Å². The minimum absolute atomic E-state index is 0.115. The lowest BCUT2D eigenvalue weighted by atomic mass is 9.95. The number of likely N-dealkylation sites (N-methyl/N-ethyl adjacent to an activating group) is 1. The first-order chi connectivity index (χ1) is 19.4. The number of nitrogens with one attached hydrogen (secondary N) is 1. The van der Waals surface area contributed by atoms with E-state index in [1.807, 2.05) is 61.5 Å². The van der Waals surface area contributed by atoms with Gasteiger partial charge in [-0.25, -0.2) is 4.98 Å². The number of aromatic nitrogens is 2. The van der Waals surface area contributed by atoms with E-state index < -0.39 is 5.54 Å². The molecule has 1 amide bonds. The molecule has 1 saturated carbocycles. The molecule has 2 fully saturated rings. The van der Waals surface area contributed by atoms with Crippen molar-refractivity contribution < 1.29 is 13.9 Å². The van der Waals surface area contributed by atoms with Crippen LogP contribution in [-0.4, -0.2) is 56.4 Å². The molecule has 7 rings (SSSR count). The maximum atomic E-state index is 13.8. The van der Waals surface area contributed by atoms with Crippen LogP contribution >= 0.6 is 0 Å². The topological polar surface area (TPSA) is 80.5 Å². The predicted octanol–water partition coefficient (Wildman–Crippen LogP) is 5.35. The number of rotatable bonds is 7. The number of nitrogens with zero attached hydrogens (tertiary/aromatic N) is 3. The van der Waals surface area contributed by atoms with Crippen molar-refractivity contribution in [2.24, 2.45) is 0 Å². The zero-order chi connectivity index (χ0) is 27.4. The number of carbonyl (C=O) groups excluding carboxylic acids is 1. The van der Waals surface area contributed by atoms with Crippen LogP contribution in [0.5, 0.6) is 5.75 Å². The number of amides is 1. The number of carbonyl (C=O) groups is 1. The second-order valence-electron chi connectivity index (χ2n) is 11.0. The van der Waals surface area contributed by atoms with Crippen LogP contribution in [0.3, 0.4) is 0 Å². The molecule has 40 heavy (non-hydrogen) atoms. The Labute approximate surface area is 236 Å². The molecule has 5 aromatic rings. The number of benzene rings is 3. The highest BCUT2D eigenvalue weighted by Crippen LogP contribution is 2.49. The van der Waals surface area contributed by atoms with Crippen LogP contribution in [0.1, 0.15) is 40.7 Å². The lowest BCUT2D eigenvalue weighted by molar-refractivity contribution is 0.0562. The Morgan fingerprint density at radius 3 is 2.73 bits per heavy atom. The number of aryl methyl sites for hydroxylation is 1. The highest BCUT2D eigenvalue weighted by atomic mass is 28.1. The second-order valence-corrected chi connectivity index (χ2v) is 11.5. The van der Waals surface area contributed by atoms with E-state index in [4.69, 9.17) is 14.1 Å². The summed E-state index contributed by atoms with van der Waals surface area (Å²) in [6.07, 6.45) is 4.55. The standard InChI is InChI=1S/C32H29N4O3Si/c1-19-9-10-21(38-31(40)27-11-15-36(27)2)18-23(19)29(37)35-32(12-13-32)24-16-20(17-26-22(24)6-5-14-33-26)30-34-25-7-3-4-8-28(25)39-30/h3-10,14,16-18,27,31H,11-13,15H2,1-2H3,(H,35,37)/t27-,31-/m0/s1. The average Bonchev–Trinajstić information content (AvgIpc) is 3.59. The number of likely N-dealkylation sites (tertiary alicyclic amines) is 1. The highest BCUT2D eigenvalue weighted by Gasteiger charge is 2.47. The van der Waals surface area contributed by atoms with Gasteiger partial charge in [0, 0.05) is 28.8 Å². The van der Waals surface area contributed by atoms with Crippen molar-refractivity contribution in [3.8, 4) is 17.2 Å². The molecule has 1 aliphatic carbocycles. The first kappa shape index (κ1) is 25.0. The molecule has 3 radical (unpaired) electrons. The van der Waals surface area contributed by atoms with Crippen molar-refractivity contribution in [3.05, 3.63) is 89.6 Å². The number of oxazole rings is 1. The van der Waals surface area contributed by atoms with Gasteiger partial charge in [0.2, 0.25) is 5.89 Å². The molecule has 1 saturated heterocycles. The van der Waals surface area contributed by atoms with E-state index >= 15 is 0 Å². The summed E-state index contributed by atoms with van der Waals surface area (Å²) in [5.74, 6) is 1.10. The van der Waals surface area contributed by atoms with E-state index in [0.29, 0.717) is 23.2 Å². The molecule has 7 nitrogen and oxygen atoms in total. The average molecular weight is 546 g/mol. The van der Waals surface area contributed by atoms with E-state index in [-0.39, 0.29) is 11.6 Å². The Hall–Kier alpha value is -4.01. The van der Waals surface area contributed by atoms with Crippen LogP contribution in [0.25, 0.3) is 33.5 Å². The molecule has 1 aliphatic heterocycles. The van der Waals surface area contributed by atoms with E-state index in [1.165, 1.54) is 0 Å². The molecular formula is C32H29N4O3Si. The van der Waals surface area contributed by atoms with Gasteiger partial charge in [-0.05, 0) is 93.4 Å². The lowest BCUT2D eigenvalue weighted by Crippen LogP contribution is -2.53. The monoisotopic (exact) mass is 545 g/mol. The maximum Gasteiger partial charge on any atom is 0.252 e. The van der Waals surface area contributed by atoms with Gasteiger partial charge in [0.15, 0.2) is 5.58 Å². The summed E-state index contributed by atoms with van der Waals surface area (Å²) < 4.78 is 12.3. The van der Waals surface area contributed by atoms with Gasteiger partial charge in [0.05, 0.1) is 27.0 Å². The van der Waals surface area contributed by atoms with Crippen molar-refractivity contribution in [1.29, 1.82) is 0 Å². The Kier molecular flexibility index (Phi) is 5.98. The van der Waals surface area contributed by atoms with Crippen molar-refractivity contribution in [3.63, 3.8) is 0 Å². The molecule has 8 heteroatoms. The summed E-state index contributed by atoms with van der Waals surface area (Å²) in [7, 11) is 5.83. The Morgan fingerprint density at radius 2 is 1.98 bits per heavy atom. The highest BCUT2D eigenvalue weighted by molar-refractivity contribution is 6.11. The van der Waals surface area contributed by atoms with Crippen LogP contribution in [0.15, 0.2) is 77.3 Å². The zero-order valence-corrected chi connectivity index (χ0v) is 23.5. The lowest BCUT2D eigenvalue weighted by Gasteiger charge is -2.41. The fraction of sp³-hybridized carbons (Fsp3) is 0.281. The van der Waals surface area contributed by atoms with E-state index in [2.05, 4.69) is 44.6 Å². The quantitative estimate of drug-likeness (QED) is 0.278. The zero-order valence-electron chi connectivity index (χ0n) is 22.5. The molecule has 2 atom stereocenters. The molecule has 0 bridgehead atoms. The van der Waals surface area contributed by atoms with Gasteiger partial charge >= 0.3 is 0 Å². The van der Waals surface area contributed by atoms with Crippen LogP contribution in [-0.2, 0) is 5.54 Å². The maximum absolute atomic E-state index is 13.8. The molecule has 3 aromatic carbocycles. The molecule has 3 heterocycles. The summed E-state index contributed by atoms with van der Waals surface area (Å²) in [6, 6.07) is 21.9. The summed E-state index contributed by atoms with van der Waals surface area (Å²) in [6.45, 7) is 3.02. The minimum atomic E-state index is -0.490. The first-order valence-corrected chi connectivity index (χ1v) is 14.2. The predicted molar refractivity (Wildman–Crippen MR) is 156 cm³/mol. The molecule has 2 aromatic heterocycles. The van der Waals surface area contributed by atoms with Gasteiger partial charge in [0.1, 0.15) is 11.3 Å². The van der Waals surface area contributed by atoms with Crippen LogP contribution in [0.2, 0.25) is 0 Å². The van der Waals surface area contributed by atoms with E-state index in [1.54, 1.807) is 6.20 Å². The van der Waals surface area contributed by atoms with Crippen LogP contribution in [0.4, 0.5) is 0 Å². The van der Waals surface area contributed by atoms with Gasteiger partial charge in [0.25, 0.3) is 5.91 Å². The first-order valence-electron chi connectivity index (χ1n) is 13.7. The molecule has 0 unspecified atom stereocenters. The van der Waals surface area contributed by atoms with Gasteiger partial charge in [-0.3, -0.25) is 9.78 Å². The van der Waals surface area contributed by atoms with Crippen LogP contribution < -0.4 is 10.1 Å². The number of pyridine rings is 1. The van der Waals surface area contributed by atoms with Crippen molar-refractivity contribution >= 4 is 38.2 Å². The summed E-state index contributed by atoms with van der Waals surface area (Å²) in [5.41, 5.74) is 5.14. The number of hydrogen-bond donors (Lipinski definition) is 1. The van der Waals surface area contributed by atoms with Gasteiger partial charge in [-0.15, -0.1) is 0 Å². The van der Waals surface area contributed by atoms with E-state index in [9.17, 15) is 4.79 Å². The molecule has 199 valence electrons. The molecule has 2 aliphatic rings. The van der Waals surface area contributed by atoms with Crippen molar-refractivity contribution in [2.45, 2.75) is 43.5 Å². The van der Waals surface area contributed by atoms with Gasteiger partial charge < -0.3 is 19.4 Å². The number of ether oxygens (including phenoxy) is 1. The smallest absolute Gasteiger partial charge is 0.252 e. The number of hydrogen-bond acceptors (Lipinski definition) is 6. The third kappa shape index (κ3) is 4.37. The fourth-order valence-corrected chi connectivity index (χ4v) is 6.19.